The van der Waals surface area contributed by atoms with Crippen molar-refractivity contribution in [3.8, 4) is 5.40 Å². The van der Waals surface area contributed by atoms with Gasteiger partial charge in [0.2, 0.25) is 7.28 Å². The number of hydrogen-bond acceptors (Lipinski definition) is 4. The SMILES string of the molecule is CBc1ccc(BC)c2sc(Bc3ccc(SC#N)cc3)nc12. The molecular formula is C16H15B3N2S2. The minimum atomic E-state index is 0.850. The Balaban J connectivity index is 1.92. The zero-order valence-electron chi connectivity index (χ0n) is 13.3. The van der Waals surface area contributed by atoms with E-state index in [1.54, 1.807) is 0 Å². The van der Waals surface area contributed by atoms with Crippen LogP contribution >= 0.6 is 23.1 Å². The molecule has 0 aliphatic heterocycles. The van der Waals surface area contributed by atoms with Crippen molar-refractivity contribution in [2.75, 3.05) is 0 Å². The van der Waals surface area contributed by atoms with E-state index in [1.807, 2.05) is 23.5 Å². The summed E-state index contributed by atoms with van der Waals surface area (Å²) in [5.41, 5.74) is 5.15. The number of thioether (sulfide) groups is 1. The first kappa shape index (κ1) is 16.2. The van der Waals surface area contributed by atoms with Crippen LogP contribution in [0.15, 0.2) is 41.3 Å². The largest absolute Gasteiger partial charge is 0.252 e. The van der Waals surface area contributed by atoms with Gasteiger partial charge in [0, 0.05) is 9.60 Å². The van der Waals surface area contributed by atoms with Gasteiger partial charge in [-0.15, -0.1) is 11.3 Å². The number of hydrogen-bond donors (Lipinski definition) is 0. The Labute approximate surface area is 147 Å². The lowest BCUT2D eigenvalue weighted by atomic mass is 9.68. The molecule has 0 fully saturated rings. The number of fused-ring (bicyclic) bond motifs is 1. The Hall–Kier alpha value is -1.64. The van der Waals surface area contributed by atoms with Crippen LogP contribution in [0, 0.1) is 10.7 Å². The number of thiocyanates is 1. The number of nitriles is 1. The fourth-order valence-electron chi connectivity index (χ4n) is 2.70. The van der Waals surface area contributed by atoms with E-state index in [-0.39, 0.29) is 0 Å². The van der Waals surface area contributed by atoms with Crippen molar-refractivity contribution >= 4 is 76.4 Å². The summed E-state index contributed by atoms with van der Waals surface area (Å²) >= 11 is 3.02. The molecule has 0 unspecified atom stereocenters. The van der Waals surface area contributed by atoms with Crippen molar-refractivity contribution in [2.45, 2.75) is 18.5 Å². The lowest BCUT2D eigenvalue weighted by Gasteiger charge is -2.01. The van der Waals surface area contributed by atoms with E-state index in [0.717, 1.165) is 31.6 Å². The summed E-state index contributed by atoms with van der Waals surface area (Å²) in [6.45, 7) is 4.39. The molecule has 0 radical (unpaired) electrons. The number of thiazole rings is 1. The van der Waals surface area contributed by atoms with Crippen molar-refractivity contribution in [1.29, 1.82) is 5.26 Å². The number of benzene rings is 2. The summed E-state index contributed by atoms with van der Waals surface area (Å²) in [6.07, 6.45) is 0. The molecule has 110 valence electrons. The zero-order valence-corrected chi connectivity index (χ0v) is 14.9. The monoisotopic (exact) mass is 332 g/mol. The Morgan fingerprint density at radius 3 is 2.39 bits per heavy atom. The second kappa shape index (κ2) is 7.29. The molecule has 1 aromatic heterocycles. The first-order chi connectivity index (χ1) is 11.2. The summed E-state index contributed by atoms with van der Waals surface area (Å²) in [5.74, 6) is 0. The van der Waals surface area contributed by atoms with Gasteiger partial charge in [0.15, 0.2) is 14.6 Å². The fraction of sp³-hybridized carbons (Fsp3) is 0.125. The normalized spacial score (nSPS) is 10.3. The Morgan fingerprint density at radius 2 is 1.74 bits per heavy atom. The van der Waals surface area contributed by atoms with Crippen LogP contribution in [-0.4, -0.2) is 26.8 Å². The van der Waals surface area contributed by atoms with E-state index in [4.69, 9.17) is 10.2 Å². The maximum absolute atomic E-state index is 8.71. The van der Waals surface area contributed by atoms with Crippen molar-refractivity contribution < 1.29 is 0 Å². The van der Waals surface area contributed by atoms with Crippen LogP contribution < -0.4 is 21.3 Å². The quantitative estimate of drug-likeness (QED) is 0.387. The molecule has 3 rings (SSSR count). The maximum atomic E-state index is 8.71. The summed E-state index contributed by atoms with van der Waals surface area (Å²) in [7, 11) is 2.91. The highest BCUT2D eigenvalue weighted by atomic mass is 32.2. The Bertz CT molecular complexity index is 828. The van der Waals surface area contributed by atoms with Crippen molar-refractivity contribution in [2.24, 2.45) is 0 Å². The van der Waals surface area contributed by atoms with Crippen LogP contribution in [0.1, 0.15) is 0 Å². The average Bonchev–Trinajstić information content (AvgIpc) is 2.99. The van der Waals surface area contributed by atoms with Gasteiger partial charge in [0.25, 0.3) is 0 Å². The van der Waals surface area contributed by atoms with Gasteiger partial charge >= 0.3 is 0 Å². The first-order valence-electron chi connectivity index (χ1n) is 7.80. The van der Waals surface area contributed by atoms with Gasteiger partial charge in [-0.3, -0.25) is 4.98 Å². The summed E-state index contributed by atoms with van der Waals surface area (Å²) in [4.78, 5) is 7.06. The molecule has 3 aromatic rings. The van der Waals surface area contributed by atoms with Gasteiger partial charge in [-0.2, -0.15) is 5.26 Å². The van der Waals surface area contributed by atoms with Crippen LogP contribution in [-0.2, 0) is 0 Å². The third-order valence-electron chi connectivity index (χ3n) is 3.96. The van der Waals surface area contributed by atoms with Gasteiger partial charge in [0.05, 0.1) is 10.4 Å². The van der Waals surface area contributed by atoms with Crippen molar-refractivity contribution in [3.05, 3.63) is 36.4 Å². The third-order valence-corrected chi connectivity index (χ3v) is 5.69. The van der Waals surface area contributed by atoms with E-state index < -0.39 is 0 Å². The maximum Gasteiger partial charge on any atom is 0.229 e. The molecule has 23 heavy (non-hydrogen) atoms. The number of nitrogens with zero attached hydrogens (tertiary/aromatic N) is 2. The second-order valence-electron chi connectivity index (χ2n) is 5.39. The molecule has 0 amide bonds. The second-order valence-corrected chi connectivity index (χ2v) is 7.33. The van der Waals surface area contributed by atoms with E-state index in [1.165, 1.54) is 38.4 Å². The van der Waals surface area contributed by atoms with Gasteiger partial charge in [0.1, 0.15) is 5.40 Å². The molecule has 0 atom stereocenters. The number of aromatic nitrogens is 1. The van der Waals surface area contributed by atoms with Crippen molar-refractivity contribution in [1.82, 2.24) is 4.98 Å². The third kappa shape index (κ3) is 3.49. The van der Waals surface area contributed by atoms with Crippen LogP contribution in [0.4, 0.5) is 0 Å². The van der Waals surface area contributed by atoms with Gasteiger partial charge < -0.3 is 0 Å². The lowest BCUT2D eigenvalue weighted by molar-refractivity contribution is 1.48. The topological polar surface area (TPSA) is 36.7 Å². The Morgan fingerprint density at radius 1 is 1.04 bits per heavy atom. The van der Waals surface area contributed by atoms with Crippen LogP contribution in [0.25, 0.3) is 10.2 Å². The molecule has 1 heterocycles. The smallest absolute Gasteiger partial charge is 0.229 e. The molecule has 0 saturated heterocycles. The first-order valence-corrected chi connectivity index (χ1v) is 9.43. The van der Waals surface area contributed by atoms with Gasteiger partial charge in [-0.25, -0.2) is 0 Å². The van der Waals surface area contributed by atoms with Crippen molar-refractivity contribution in [3.63, 3.8) is 0 Å². The minimum absolute atomic E-state index is 0.850. The highest BCUT2D eigenvalue weighted by molar-refractivity contribution is 8.03. The van der Waals surface area contributed by atoms with Crippen LogP contribution in [0.3, 0.4) is 0 Å². The molecule has 7 heteroatoms. The zero-order chi connectivity index (χ0) is 16.2. The van der Waals surface area contributed by atoms with E-state index in [9.17, 15) is 0 Å². The van der Waals surface area contributed by atoms with Crippen LogP contribution in [0.2, 0.25) is 13.6 Å². The minimum Gasteiger partial charge on any atom is -0.252 e. The molecule has 0 N–H and O–H groups in total. The average molecular weight is 332 g/mol. The molecule has 2 nitrogen and oxygen atoms in total. The predicted molar refractivity (Wildman–Crippen MR) is 109 cm³/mol. The van der Waals surface area contributed by atoms with E-state index in [0.29, 0.717) is 0 Å². The molecular weight excluding hydrogens is 317 g/mol. The molecule has 0 spiro atoms. The molecule has 0 aliphatic rings. The highest BCUT2D eigenvalue weighted by Gasteiger charge is 2.12. The van der Waals surface area contributed by atoms with E-state index in [2.05, 4.69) is 43.3 Å². The highest BCUT2D eigenvalue weighted by Crippen LogP contribution is 2.14. The van der Waals surface area contributed by atoms with Gasteiger partial charge in [-0.1, -0.05) is 54.3 Å². The predicted octanol–water partition coefficient (Wildman–Crippen LogP) is 0.477. The Kier molecular flexibility index (Phi) is 5.14. The fourth-order valence-corrected chi connectivity index (χ4v) is 4.30. The van der Waals surface area contributed by atoms with Gasteiger partial charge in [-0.05, 0) is 23.9 Å². The standard InChI is InChI=1S/C16H15B3N2S2/c1-17-12-7-8-13(18-2)15-14(12)21-16(23-15)19-10-3-5-11(6-4-10)22-9-20/h3-8,17-19H,1-2H3. The van der Waals surface area contributed by atoms with E-state index >= 15 is 0 Å². The molecule has 0 bridgehead atoms. The number of rotatable bonds is 5. The summed E-state index contributed by atoms with van der Waals surface area (Å²) in [6, 6.07) is 12.7. The lowest BCUT2D eigenvalue weighted by Crippen LogP contribution is -2.26. The molecule has 2 aromatic carbocycles. The summed E-state index contributed by atoms with van der Waals surface area (Å²) in [5, 5.41) is 10.8. The summed E-state index contributed by atoms with van der Waals surface area (Å²) < 4.78 is 1.35. The molecule has 0 saturated carbocycles. The molecule has 0 aliphatic carbocycles. The van der Waals surface area contributed by atoms with Crippen LogP contribution in [0.5, 0.6) is 0 Å².